The minimum Gasteiger partial charge on any atom is -0.456 e. The Hall–Kier alpha value is -1.51. The first kappa shape index (κ1) is 17.8. The third-order valence-electron chi connectivity index (χ3n) is 4.51. The molecular weight excluding hydrogens is 286 g/mol. The molecule has 0 bridgehead atoms. The molecule has 0 radical (unpaired) electrons. The van der Waals surface area contributed by atoms with Gasteiger partial charge in [-0.05, 0) is 50.8 Å². The highest BCUT2D eigenvalue weighted by Gasteiger charge is 2.19. The number of nitrogen functional groups attached to an aromatic ring is 1. The lowest BCUT2D eigenvalue weighted by atomic mass is 9.86. The third kappa shape index (κ3) is 5.89. The molecule has 0 spiro atoms. The molecule has 1 aliphatic carbocycles. The van der Waals surface area contributed by atoms with Gasteiger partial charge in [-0.1, -0.05) is 51.0 Å². The van der Waals surface area contributed by atoms with Crippen molar-refractivity contribution < 1.29 is 9.53 Å². The van der Waals surface area contributed by atoms with E-state index in [0.717, 1.165) is 18.0 Å². The van der Waals surface area contributed by atoms with E-state index in [-0.39, 0.29) is 5.97 Å². The smallest absolute Gasteiger partial charge is 0.338 e. The number of carbonyl (C=O) groups excluding carboxylic acids is 1. The van der Waals surface area contributed by atoms with Crippen molar-refractivity contribution in [3.8, 4) is 0 Å². The number of hydrogen-bond donors (Lipinski definition) is 1. The zero-order chi connectivity index (χ0) is 16.9. The lowest BCUT2D eigenvalue weighted by Crippen LogP contribution is -2.24. The van der Waals surface area contributed by atoms with Gasteiger partial charge in [0.25, 0.3) is 0 Å². The molecule has 0 amide bonds. The summed E-state index contributed by atoms with van der Waals surface area (Å²) in [7, 11) is 0. The van der Waals surface area contributed by atoms with E-state index in [4.69, 9.17) is 10.5 Å². The number of benzene rings is 1. The minimum atomic E-state index is -0.483. The lowest BCUT2D eigenvalue weighted by molar-refractivity contribution is 0.00696. The molecule has 0 aliphatic heterocycles. The van der Waals surface area contributed by atoms with Gasteiger partial charge in [-0.25, -0.2) is 4.79 Å². The van der Waals surface area contributed by atoms with Crippen LogP contribution in [0.4, 0.5) is 5.69 Å². The molecule has 3 nitrogen and oxygen atoms in total. The van der Waals surface area contributed by atoms with Crippen molar-refractivity contribution >= 4 is 11.7 Å². The van der Waals surface area contributed by atoms with Gasteiger partial charge in [-0.15, -0.1) is 0 Å². The van der Waals surface area contributed by atoms with E-state index in [1.54, 1.807) is 6.07 Å². The van der Waals surface area contributed by atoms with Crippen molar-refractivity contribution in [2.24, 2.45) is 5.92 Å². The average molecular weight is 317 g/mol. The highest BCUT2D eigenvalue weighted by molar-refractivity contribution is 5.91. The molecule has 3 heteroatoms. The first-order chi connectivity index (χ1) is 10.8. The van der Waals surface area contributed by atoms with E-state index in [0.29, 0.717) is 5.56 Å². The molecule has 1 saturated carbocycles. The number of ether oxygens (including phenoxy) is 1. The van der Waals surface area contributed by atoms with Gasteiger partial charge in [0.05, 0.1) is 5.56 Å². The normalized spacial score (nSPS) is 17.3. The van der Waals surface area contributed by atoms with Gasteiger partial charge in [0, 0.05) is 5.69 Å². The van der Waals surface area contributed by atoms with E-state index in [1.807, 2.05) is 32.9 Å². The van der Waals surface area contributed by atoms with Crippen molar-refractivity contribution in [1.29, 1.82) is 0 Å². The summed E-state index contributed by atoms with van der Waals surface area (Å²) in [4.78, 5) is 12.1. The van der Waals surface area contributed by atoms with Crippen molar-refractivity contribution in [3.05, 3.63) is 29.3 Å². The first-order valence-corrected chi connectivity index (χ1v) is 8.97. The van der Waals surface area contributed by atoms with E-state index in [9.17, 15) is 4.79 Å². The molecule has 1 aromatic carbocycles. The van der Waals surface area contributed by atoms with E-state index < -0.39 is 5.60 Å². The second kappa shape index (κ2) is 7.85. The Morgan fingerprint density at radius 1 is 1.13 bits per heavy atom. The van der Waals surface area contributed by atoms with Crippen LogP contribution in [0.15, 0.2) is 18.2 Å². The first-order valence-electron chi connectivity index (χ1n) is 8.97. The maximum absolute atomic E-state index is 12.1. The molecule has 128 valence electrons. The average Bonchev–Trinajstić information content (AvgIpc) is 2.41. The Kier molecular flexibility index (Phi) is 6.09. The maximum Gasteiger partial charge on any atom is 0.338 e. The Labute approximate surface area is 140 Å². The van der Waals surface area contributed by atoms with E-state index >= 15 is 0 Å². The van der Waals surface area contributed by atoms with Crippen LogP contribution in [0, 0.1) is 5.92 Å². The monoisotopic (exact) mass is 317 g/mol. The van der Waals surface area contributed by atoms with Crippen LogP contribution in [0.3, 0.4) is 0 Å². The van der Waals surface area contributed by atoms with Crippen LogP contribution in [0.2, 0.25) is 0 Å². The predicted octanol–water partition coefficient (Wildman–Crippen LogP) is 5.13. The summed E-state index contributed by atoms with van der Waals surface area (Å²) in [6.07, 6.45) is 10.4. The highest BCUT2D eigenvalue weighted by Crippen LogP contribution is 2.28. The molecule has 23 heavy (non-hydrogen) atoms. The number of rotatable bonds is 3. The quantitative estimate of drug-likeness (QED) is 0.621. The fourth-order valence-electron chi connectivity index (χ4n) is 3.30. The summed E-state index contributed by atoms with van der Waals surface area (Å²) in [5, 5.41) is 0. The van der Waals surface area contributed by atoms with Crippen molar-refractivity contribution in [2.45, 2.75) is 77.7 Å². The fourth-order valence-corrected chi connectivity index (χ4v) is 3.30. The standard InChI is InChI=1S/C20H31NO2/c1-20(2,3)23-19(22)17-12-11-16(18(21)14-17)13-15-9-7-5-4-6-8-10-15/h11-12,14-15H,4-10,13,21H2,1-3H3. The van der Waals surface area contributed by atoms with Crippen LogP contribution in [-0.4, -0.2) is 11.6 Å². The molecule has 0 atom stereocenters. The van der Waals surface area contributed by atoms with Gasteiger partial charge in [-0.3, -0.25) is 0 Å². The Morgan fingerprint density at radius 2 is 1.74 bits per heavy atom. The van der Waals surface area contributed by atoms with E-state index in [2.05, 4.69) is 0 Å². The van der Waals surface area contributed by atoms with Gasteiger partial charge in [-0.2, -0.15) is 0 Å². The van der Waals surface area contributed by atoms with Gasteiger partial charge in [0.15, 0.2) is 0 Å². The largest absolute Gasteiger partial charge is 0.456 e. The molecule has 0 heterocycles. The van der Waals surface area contributed by atoms with Crippen LogP contribution in [0.5, 0.6) is 0 Å². The molecule has 2 rings (SSSR count). The van der Waals surface area contributed by atoms with Crippen LogP contribution in [-0.2, 0) is 11.2 Å². The topological polar surface area (TPSA) is 52.3 Å². The number of nitrogens with two attached hydrogens (primary N) is 1. The molecule has 0 saturated heterocycles. The van der Waals surface area contributed by atoms with Crippen molar-refractivity contribution in [2.75, 3.05) is 5.73 Å². The number of esters is 1. The van der Waals surface area contributed by atoms with Gasteiger partial charge in [0.2, 0.25) is 0 Å². The third-order valence-corrected chi connectivity index (χ3v) is 4.51. The SMILES string of the molecule is CC(C)(C)OC(=O)c1ccc(CC2CCCCCCC2)c(N)c1. The van der Waals surface area contributed by atoms with Crippen LogP contribution in [0.25, 0.3) is 0 Å². The van der Waals surface area contributed by atoms with Crippen LogP contribution < -0.4 is 5.73 Å². The summed E-state index contributed by atoms with van der Waals surface area (Å²) in [5.74, 6) is 0.423. The molecule has 2 N–H and O–H groups in total. The van der Waals surface area contributed by atoms with Gasteiger partial charge in [0.1, 0.15) is 5.60 Å². The molecule has 1 aromatic rings. The minimum absolute atomic E-state index is 0.304. The Morgan fingerprint density at radius 3 is 2.30 bits per heavy atom. The Balaban J connectivity index is 2.02. The summed E-state index contributed by atoms with van der Waals surface area (Å²) < 4.78 is 5.40. The van der Waals surface area contributed by atoms with Gasteiger partial charge >= 0.3 is 5.97 Å². The van der Waals surface area contributed by atoms with Gasteiger partial charge < -0.3 is 10.5 Å². The Bertz CT molecular complexity index is 523. The summed E-state index contributed by atoms with van der Waals surface area (Å²) in [5.41, 5.74) is 8.15. The number of hydrogen-bond acceptors (Lipinski definition) is 3. The zero-order valence-corrected chi connectivity index (χ0v) is 14.9. The van der Waals surface area contributed by atoms with Crippen LogP contribution >= 0.6 is 0 Å². The molecule has 0 unspecified atom stereocenters. The summed E-state index contributed by atoms with van der Waals surface area (Å²) in [6, 6.07) is 5.63. The van der Waals surface area contributed by atoms with Crippen molar-refractivity contribution in [1.82, 2.24) is 0 Å². The van der Waals surface area contributed by atoms with Crippen LogP contribution in [0.1, 0.15) is 81.6 Å². The molecule has 1 fully saturated rings. The van der Waals surface area contributed by atoms with Crippen molar-refractivity contribution in [3.63, 3.8) is 0 Å². The summed E-state index contributed by atoms with van der Waals surface area (Å²) in [6.45, 7) is 5.62. The number of carbonyl (C=O) groups is 1. The van der Waals surface area contributed by atoms with E-state index in [1.165, 1.54) is 50.5 Å². The highest BCUT2D eigenvalue weighted by atomic mass is 16.6. The predicted molar refractivity (Wildman–Crippen MR) is 95.5 cm³/mol. The maximum atomic E-state index is 12.1. The second-order valence-corrected chi connectivity index (χ2v) is 7.83. The summed E-state index contributed by atoms with van der Waals surface area (Å²) >= 11 is 0. The molecular formula is C20H31NO2. The second-order valence-electron chi connectivity index (χ2n) is 7.83. The molecule has 0 aromatic heterocycles. The molecule has 1 aliphatic rings. The lowest BCUT2D eigenvalue weighted by Gasteiger charge is -2.21. The zero-order valence-electron chi connectivity index (χ0n) is 14.9. The number of anilines is 1. The fraction of sp³-hybridized carbons (Fsp3) is 0.650.